The van der Waals surface area contributed by atoms with Gasteiger partial charge in [-0.15, -0.1) is 0 Å². The number of nitrogens with zero attached hydrogens (tertiary/aromatic N) is 1. The van der Waals surface area contributed by atoms with Gasteiger partial charge >= 0.3 is 0 Å². The van der Waals surface area contributed by atoms with Crippen molar-refractivity contribution in [1.29, 1.82) is 0 Å². The van der Waals surface area contributed by atoms with E-state index in [9.17, 15) is 39.3 Å². The summed E-state index contributed by atoms with van der Waals surface area (Å²) >= 11 is 5.92. The normalized spacial score (nSPS) is 14.2. The summed E-state index contributed by atoms with van der Waals surface area (Å²) in [6.45, 7) is 7.57. The molecule has 1 aromatic carbocycles. The third-order valence-corrected chi connectivity index (χ3v) is 9.11. The predicted octanol–water partition coefficient (Wildman–Crippen LogP) is 1.97. The van der Waals surface area contributed by atoms with Crippen LogP contribution in [0.5, 0.6) is 0 Å². The Bertz CT molecular complexity index is 1160. The van der Waals surface area contributed by atoms with Crippen LogP contribution in [-0.4, -0.2) is 87.2 Å². The first-order chi connectivity index (χ1) is 19.0. The van der Waals surface area contributed by atoms with Crippen LogP contribution in [0.4, 0.5) is 11.4 Å². The van der Waals surface area contributed by atoms with E-state index >= 15 is 0 Å². The molecular weight excluding hydrogens is 879 g/mol. The van der Waals surface area contributed by atoms with E-state index < -0.39 is 54.9 Å². The number of amides is 3. The Morgan fingerprint density at radius 2 is 1.51 bits per heavy atom. The average Bonchev–Trinajstić information content (AvgIpc) is 2.88. The van der Waals surface area contributed by atoms with Gasteiger partial charge in [-0.25, -0.2) is 0 Å². The predicted molar refractivity (Wildman–Crippen MR) is 178 cm³/mol. The molecule has 15 heteroatoms. The molecule has 1 rings (SSSR count). The van der Waals surface area contributed by atoms with Crippen LogP contribution >= 0.6 is 67.8 Å². The number of aliphatic hydroxyl groups excluding tert-OH is 4. The molecule has 0 unspecified atom stereocenters. The number of Topliss-reactive ketones (excluding diaryl/α,β-unsaturated/α-hetero) is 2. The molecule has 0 aliphatic heterocycles. The molecule has 4 atom stereocenters. The van der Waals surface area contributed by atoms with Gasteiger partial charge < -0.3 is 36.0 Å². The van der Waals surface area contributed by atoms with Crippen molar-refractivity contribution in [3.8, 4) is 0 Å². The first kappa shape index (κ1) is 38.0. The molecule has 3 amide bonds. The lowest BCUT2D eigenvalue weighted by Crippen LogP contribution is -2.47. The van der Waals surface area contributed by atoms with Crippen LogP contribution in [0.25, 0.3) is 0 Å². The summed E-state index contributed by atoms with van der Waals surface area (Å²) in [5.41, 5.74) is 0.927. The number of aliphatic hydroxyl groups is 4. The molecule has 41 heavy (non-hydrogen) atoms. The zero-order chi connectivity index (χ0) is 31.8. The summed E-state index contributed by atoms with van der Waals surface area (Å²) in [5, 5.41) is 44.6. The highest BCUT2D eigenvalue weighted by atomic mass is 127. The van der Waals surface area contributed by atoms with E-state index in [1.807, 2.05) is 88.5 Å². The topological polar surface area (TPSA) is 194 Å². The fourth-order valence-electron chi connectivity index (χ4n) is 3.96. The van der Waals surface area contributed by atoms with Crippen LogP contribution in [0.15, 0.2) is 0 Å². The smallest absolute Gasteiger partial charge is 0.254 e. The first-order valence-corrected chi connectivity index (χ1v) is 16.0. The van der Waals surface area contributed by atoms with E-state index in [-0.39, 0.29) is 29.7 Å². The zero-order valence-electron chi connectivity index (χ0n) is 23.3. The Morgan fingerprint density at radius 1 is 0.927 bits per heavy atom. The third-order valence-electron chi connectivity index (χ3n) is 5.93. The molecule has 0 aromatic heterocycles. The van der Waals surface area contributed by atoms with Crippen molar-refractivity contribution in [1.82, 2.24) is 5.32 Å². The highest BCUT2D eigenvalue weighted by Gasteiger charge is 2.35. The number of hydrogen-bond donors (Lipinski definition) is 6. The summed E-state index contributed by atoms with van der Waals surface area (Å²) in [6, 6.07) is -1.12. The molecule has 0 fully saturated rings. The zero-order valence-corrected chi connectivity index (χ0v) is 29.8. The molecule has 6 N–H and O–H groups in total. The maximum absolute atomic E-state index is 13.8. The summed E-state index contributed by atoms with van der Waals surface area (Å²) in [5.74, 6) is -3.15. The highest BCUT2D eigenvalue weighted by Crippen LogP contribution is 2.41. The standard InChI is InChI=1S/C26H36I3N3O9/c1-6-7-32(13(5)35)23-20(28)18(19(27)22(21(23)29)30-12(4)34)26(41)31-14(8-11(2)3)15(36)9-16(37)24(39)25(40)17(38)10-33/h11,14,16,24-25,33,37,39-40H,6-10H2,1-5H3,(H,30,34)(H,31,41)/t14-,16+,24+,25+/m0/s1. The van der Waals surface area contributed by atoms with E-state index in [1.165, 1.54) is 18.7 Å². The van der Waals surface area contributed by atoms with Crippen molar-refractivity contribution < 1.29 is 44.4 Å². The highest BCUT2D eigenvalue weighted by molar-refractivity contribution is 14.1. The summed E-state index contributed by atoms with van der Waals surface area (Å²) in [7, 11) is 0. The number of anilines is 2. The lowest BCUT2D eigenvalue weighted by Gasteiger charge is -2.28. The Kier molecular flexibility index (Phi) is 16.1. The van der Waals surface area contributed by atoms with Crippen LogP contribution in [0, 0.1) is 16.6 Å². The minimum absolute atomic E-state index is 0.0778. The number of hydrogen-bond acceptors (Lipinski definition) is 9. The van der Waals surface area contributed by atoms with Crippen molar-refractivity contribution in [3.05, 3.63) is 16.3 Å². The molecule has 0 bridgehead atoms. The quantitative estimate of drug-likeness (QED) is 0.143. The first-order valence-electron chi connectivity index (χ1n) is 12.8. The third kappa shape index (κ3) is 10.3. The van der Waals surface area contributed by atoms with Gasteiger partial charge in [-0.2, -0.15) is 0 Å². The molecule has 230 valence electrons. The van der Waals surface area contributed by atoms with E-state index in [1.54, 1.807) is 0 Å². The minimum Gasteiger partial charge on any atom is -0.390 e. The molecule has 0 saturated heterocycles. The van der Waals surface area contributed by atoms with Crippen LogP contribution in [0.2, 0.25) is 0 Å². The molecule has 0 spiro atoms. The second-order valence-corrected chi connectivity index (χ2v) is 13.1. The van der Waals surface area contributed by atoms with Gasteiger partial charge in [0.1, 0.15) is 18.8 Å². The largest absolute Gasteiger partial charge is 0.390 e. The number of benzene rings is 1. The maximum Gasteiger partial charge on any atom is 0.254 e. The molecular formula is C26H36I3N3O9. The summed E-state index contributed by atoms with van der Waals surface area (Å²) in [6.07, 6.45) is -5.84. The molecule has 0 heterocycles. The van der Waals surface area contributed by atoms with Gasteiger partial charge in [-0.05, 0) is 86.5 Å². The van der Waals surface area contributed by atoms with E-state index in [4.69, 9.17) is 5.11 Å². The van der Waals surface area contributed by atoms with Crippen LogP contribution in [0.1, 0.15) is 64.2 Å². The van der Waals surface area contributed by atoms with Crippen molar-refractivity contribution in [2.45, 2.75) is 78.2 Å². The number of ketones is 2. The Labute approximate surface area is 279 Å². The molecule has 0 radical (unpaired) electrons. The minimum atomic E-state index is -2.09. The number of carbonyl (C=O) groups excluding carboxylic acids is 5. The van der Waals surface area contributed by atoms with Gasteiger partial charge in [-0.1, -0.05) is 20.8 Å². The van der Waals surface area contributed by atoms with Crippen molar-refractivity contribution in [3.63, 3.8) is 0 Å². The van der Waals surface area contributed by atoms with Crippen LogP contribution < -0.4 is 15.5 Å². The van der Waals surface area contributed by atoms with Crippen molar-refractivity contribution in [2.24, 2.45) is 5.92 Å². The second kappa shape index (κ2) is 17.3. The van der Waals surface area contributed by atoms with Crippen molar-refractivity contribution >= 4 is 108 Å². The molecule has 0 aliphatic carbocycles. The van der Waals surface area contributed by atoms with Crippen LogP contribution in [-0.2, 0) is 19.2 Å². The van der Waals surface area contributed by atoms with Crippen LogP contribution in [0.3, 0.4) is 0 Å². The molecule has 0 aliphatic rings. The number of carbonyl (C=O) groups is 5. The van der Waals surface area contributed by atoms with Crippen molar-refractivity contribution in [2.75, 3.05) is 23.4 Å². The van der Waals surface area contributed by atoms with Gasteiger partial charge in [0.2, 0.25) is 11.8 Å². The molecule has 1 aromatic rings. The lowest BCUT2D eigenvalue weighted by atomic mass is 9.93. The van der Waals surface area contributed by atoms with Gasteiger partial charge in [-0.3, -0.25) is 24.0 Å². The number of halogens is 3. The lowest BCUT2D eigenvalue weighted by molar-refractivity contribution is -0.143. The van der Waals surface area contributed by atoms with Gasteiger partial charge in [0.05, 0.1) is 39.8 Å². The van der Waals surface area contributed by atoms with Gasteiger partial charge in [0, 0.05) is 26.8 Å². The second-order valence-electron chi connectivity index (χ2n) is 9.85. The summed E-state index contributed by atoms with van der Waals surface area (Å²) in [4.78, 5) is 64.6. The fourth-order valence-corrected chi connectivity index (χ4v) is 8.47. The Hall–Kier alpha value is -1.00. The Morgan fingerprint density at radius 3 is 1.98 bits per heavy atom. The molecule has 12 nitrogen and oxygen atoms in total. The Balaban J connectivity index is 3.57. The summed E-state index contributed by atoms with van der Waals surface area (Å²) < 4.78 is 1.39. The number of rotatable bonds is 15. The molecule has 0 saturated carbocycles. The van der Waals surface area contributed by atoms with Gasteiger partial charge in [0.15, 0.2) is 11.6 Å². The maximum atomic E-state index is 13.8. The number of nitrogens with one attached hydrogen (secondary N) is 2. The van der Waals surface area contributed by atoms with E-state index in [0.29, 0.717) is 35.1 Å². The average molecular weight is 915 g/mol. The SMILES string of the molecule is CCCN(C(C)=O)c1c(I)c(NC(C)=O)c(I)c(C(=O)N[C@@H](CC(C)C)C(=O)C[C@@H](O)[C@@H](O)[C@H](O)C(=O)CO)c1I. The fraction of sp³-hybridized carbons (Fsp3) is 0.577. The van der Waals surface area contributed by atoms with E-state index in [2.05, 4.69) is 10.6 Å². The van der Waals surface area contributed by atoms with E-state index in [0.717, 1.165) is 0 Å². The van der Waals surface area contributed by atoms with Gasteiger partial charge in [0.25, 0.3) is 5.91 Å². The monoisotopic (exact) mass is 915 g/mol.